The molecule has 0 saturated heterocycles. The standard InChI is InChI=1S/C14H18Cl2N2O2/c15-9-3-7-13(19)17-11-5-1-2-6-12(11)18-14(20)8-4-10-16/h1-2,5-6H,3-4,7-10H2,(H,17,19)(H,18,20). The average Bonchev–Trinajstić information content (AvgIpc) is 2.45. The largest absolute Gasteiger partial charge is 0.324 e. The summed E-state index contributed by atoms with van der Waals surface area (Å²) in [6.45, 7) is 0. The lowest BCUT2D eigenvalue weighted by atomic mass is 10.2. The van der Waals surface area contributed by atoms with Crippen LogP contribution in [0.5, 0.6) is 0 Å². The summed E-state index contributed by atoms with van der Waals surface area (Å²) in [7, 11) is 0. The van der Waals surface area contributed by atoms with Crippen molar-refractivity contribution >= 4 is 46.4 Å². The van der Waals surface area contributed by atoms with Gasteiger partial charge in [0.15, 0.2) is 0 Å². The Balaban J connectivity index is 2.63. The third kappa shape index (κ3) is 6.26. The van der Waals surface area contributed by atoms with Gasteiger partial charge >= 0.3 is 0 Å². The first-order valence-electron chi connectivity index (χ1n) is 6.48. The van der Waals surface area contributed by atoms with Crippen molar-refractivity contribution in [2.24, 2.45) is 0 Å². The molecule has 0 aliphatic carbocycles. The number of amides is 2. The van der Waals surface area contributed by atoms with E-state index in [1.54, 1.807) is 24.3 Å². The molecule has 1 rings (SSSR count). The van der Waals surface area contributed by atoms with Gasteiger partial charge in [-0.15, -0.1) is 23.2 Å². The number of para-hydroxylation sites is 2. The molecule has 0 fully saturated rings. The third-order valence-corrected chi connectivity index (χ3v) is 3.08. The number of carbonyl (C=O) groups excluding carboxylic acids is 2. The second-order valence-electron chi connectivity index (χ2n) is 4.23. The van der Waals surface area contributed by atoms with Crippen LogP contribution in [-0.2, 0) is 9.59 Å². The van der Waals surface area contributed by atoms with E-state index in [1.165, 1.54) is 0 Å². The minimum atomic E-state index is -0.117. The Hall–Kier alpha value is -1.26. The number of hydrogen-bond acceptors (Lipinski definition) is 2. The van der Waals surface area contributed by atoms with Crippen LogP contribution in [0.3, 0.4) is 0 Å². The SMILES string of the molecule is O=C(CCCCl)Nc1ccccc1NC(=O)CCCCl. The molecule has 0 saturated carbocycles. The molecule has 0 spiro atoms. The van der Waals surface area contributed by atoms with Gasteiger partial charge in [0.1, 0.15) is 0 Å². The van der Waals surface area contributed by atoms with Crippen LogP contribution in [0.2, 0.25) is 0 Å². The molecule has 0 atom stereocenters. The first-order valence-corrected chi connectivity index (χ1v) is 7.55. The fourth-order valence-corrected chi connectivity index (χ4v) is 1.85. The van der Waals surface area contributed by atoms with Crippen LogP contribution < -0.4 is 10.6 Å². The molecule has 0 aromatic heterocycles. The summed E-state index contributed by atoms with van der Waals surface area (Å²) in [5, 5.41) is 5.54. The van der Waals surface area contributed by atoms with Gasteiger partial charge in [-0.3, -0.25) is 9.59 Å². The summed E-state index contributed by atoms with van der Waals surface area (Å²) in [6.07, 6.45) is 1.96. The van der Waals surface area contributed by atoms with Crippen LogP contribution in [0.25, 0.3) is 0 Å². The van der Waals surface area contributed by atoms with Crippen molar-refractivity contribution < 1.29 is 9.59 Å². The van der Waals surface area contributed by atoms with Gasteiger partial charge in [-0.2, -0.15) is 0 Å². The maximum absolute atomic E-state index is 11.7. The zero-order valence-corrected chi connectivity index (χ0v) is 12.6. The van der Waals surface area contributed by atoms with Gasteiger partial charge in [0.05, 0.1) is 11.4 Å². The number of anilines is 2. The Morgan fingerprint density at radius 2 is 1.25 bits per heavy atom. The highest BCUT2D eigenvalue weighted by atomic mass is 35.5. The lowest BCUT2D eigenvalue weighted by Crippen LogP contribution is -2.16. The van der Waals surface area contributed by atoms with E-state index in [4.69, 9.17) is 23.2 Å². The number of nitrogens with one attached hydrogen (secondary N) is 2. The van der Waals surface area contributed by atoms with Gasteiger partial charge in [0.25, 0.3) is 0 Å². The van der Waals surface area contributed by atoms with E-state index in [0.717, 1.165) is 0 Å². The summed E-state index contributed by atoms with van der Waals surface area (Å²) >= 11 is 11.1. The van der Waals surface area contributed by atoms with Crippen molar-refractivity contribution in [2.75, 3.05) is 22.4 Å². The lowest BCUT2D eigenvalue weighted by molar-refractivity contribution is -0.117. The van der Waals surface area contributed by atoms with E-state index in [-0.39, 0.29) is 11.8 Å². The highest BCUT2D eigenvalue weighted by Crippen LogP contribution is 2.21. The quantitative estimate of drug-likeness (QED) is 0.720. The summed E-state index contributed by atoms with van der Waals surface area (Å²) in [5.74, 6) is 0.662. The molecule has 2 amide bonds. The summed E-state index contributed by atoms with van der Waals surface area (Å²) in [5.41, 5.74) is 1.18. The van der Waals surface area contributed by atoms with E-state index in [2.05, 4.69) is 10.6 Å². The molecule has 4 nitrogen and oxygen atoms in total. The highest BCUT2D eigenvalue weighted by molar-refractivity contribution is 6.18. The Morgan fingerprint density at radius 3 is 1.60 bits per heavy atom. The fraction of sp³-hybridized carbons (Fsp3) is 0.429. The van der Waals surface area contributed by atoms with Crippen LogP contribution in [0.15, 0.2) is 24.3 Å². The second kappa shape index (κ2) is 9.61. The number of benzene rings is 1. The molecule has 1 aromatic rings. The van der Waals surface area contributed by atoms with Gasteiger partial charge in [0, 0.05) is 24.6 Å². The van der Waals surface area contributed by atoms with Gasteiger partial charge < -0.3 is 10.6 Å². The normalized spacial score (nSPS) is 10.1. The topological polar surface area (TPSA) is 58.2 Å². The number of carbonyl (C=O) groups is 2. The van der Waals surface area contributed by atoms with Crippen LogP contribution in [0.4, 0.5) is 11.4 Å². The molecule has 0 heterocycles. The maximum Gasteiger partial charge on any atom is 0.224 e. The Morgan fingerprint density at radius 1 is 0.850 bits per heavy atom. The van der Waals surface area contributed by atoms with Crippen LogP contribution in [-0.4, -0.2) is 23.6 Å². The summed E-state index contributed by atoms with van der Waals surface area (Å²) in [6, 6.07) is 7.09. The van der Waals surface area contributed by atoms with Gasteiger partial charge in [-0.25, -0.2) is 0 Å². The van der Waals surface area contributed by atoms with Gasteiger partial charge in [-0.1, -0.05) is 12.1 Å². The Kier molecular flexibility index (Phi) is 8.07. The van der Waals surface area contributed by atoms with Crippen molar-refractivity contribution in [3.05, 3.63) is 24.3 Å². The molecule has 2 N–H and O–H groups in total. The molecule has 0 unspecified atom stereocenters. The zero-order chi connectivity index (χ0) is 14.8. The molecule has 0 aliphatic heterocycles. The summed E-state index contributed by atoms with van der Waals surface area (Å²) < 4.78 is 0. The minimum absolute atomic E-state index is 0.117. The Bertz CT molecular complexity index is 412. The van der Waals surface area contributed by atoms with Gasteiger partial charge in [0.2, 0.25) is 11.8 Å². The van der Waals surface area contributed by atoms with E-state index < -0.39 is 0 Å². The predicted octanol–water partition coefficient (Wildman–Crippen LogP) is 3.60. The van der Waals surface area contributed by atoms with Gasteiger partial charge in [-0.05, 0) is 25.0 Å². The monoisotopic (exact) mass is 316 g/mol. The summed E-state index contributed by atoms with van der Waals surface area (Å²) in [4.78, 5) is 23.4. The molecule has 1 aromatic carbocycles. The average molecular weight is 317 g/mol. The molecule has 0 radical (unpaired) electrons. The molecular weight excluding hydrogens is 299 g/mol. The number of hydrogen-bond donors (Lipinski definition) is 2. The molecule has 20 heavy (non-hydrogen) atoms. The van der Waals surface area contributed by atoms with Crippen molar-refractivity contribution in [3.8, 4) is 0 Å². The highest BCUT2D eigenvalue weighted by Gasteiger charge is 2.08. The maximum atomic E-state index is 11.7. The molecular formula is C14H18Cl2N2O2. The smallest absolute Gasteiger partial charge is 0.224 e. The number of alkyl halides is 2. The molecule has 6 heteroatoms. The first kappa shape index (κ1) is 16.8. The molecule has 0 bridgehead atoms. The second-order valence-corrected chi connectivity index (χ2v) is 4.98. The predicted molar refractivity (Wildman–Crippen MR) is 83.6 cm³/mol. The van der Waals surface area contributed by atoms with E-state index in [0.29, 0.717) is 48.8 Å². The number of rotatable bonds is 8. The number of halogens is 2. The first-order chi connectivity index (χ1) is 9.67. The van der Waals surface area contributed by atoms with Crippen LogP contribution in [0, 0.1) is 0 Å². The fourth-order valence-electron chi connectivity index (χ4n) is 1.58. The molecule has 0 aliphatic rings. The van der Waals surface area contributed by atoms with E-state index >= 15 is 0 Å². The van der Waals surface area contributed by atoms with Crippen molar-refractivity contribution in [1.82, 2.24) is 0 Å². The van der Waals surface area contributed by atoms with E-state index in [1.807, 2.05) is 0 Å². The minimum Gasteiger partial charge on any atom is -0.324 e. The molecule has 110 valence electrons. The van der Waals surface area contributed by atoms with Crippen molar-refractivity contribution in [2.45, 2.75) is 25.7 Å². The zero-order valence-electron chi connectivity index (χ0n) is 11.1. The van der Waals surface area contributed by atoms with Crippen LogP contribution >= 0.6 is 23.2 Å². The van der Waals surface area contributed by atoms with Crippen molar-refractivity contribution in [1.29, 1.82) is 0 Å². The lowest BCUT2D eigenvalue weighted by Gasteiger charge is -2.12. The van der Waals surface area contributed by atoms with Crippen LogP contribution in [0.1, 0.15) is 25.7 Å². The third-order valence-electron chi connectivity index (χ3n) is 2.55. The van der Waals surface area contributed by atoms with E-state index in [9.17, 15) is 9.59 Å². The Labute approximate surface area is 128 Å². The van der Waals surface area contributed by atoms with Crippen molar-refractivity contribution in [3.63, 3.8) is 0 Å².